The molecule has 0 N–H and O–H groups in total. The summed E-state index contributed by atoms with van der Waals surface area (Å²) in [6.07, 6.45) is 0. The highest BCUT2D eigenvalue weighted by Gasteiger charge is 2.54. The summed E-state index contributed by atoms with van der Waals surface area (Å²) in [5.41, 5.74) is 5.41. The van der Waals surface area contributed by atoms with Crippen LogP contribution in [0.25, 0.3) is 32.7 Å². The van der Waals surface area contributed by atoms with E-state index in [0.717, 1.165) is 33.0 Å². The quantitative estimate of drug-likeness (QED) is 0.166. The van der Waals surface area contributed by atoms with Crippen LogP contribution >= 0.6 is 0 Å². The van der Waals surface area contributed by atoms with Crippen LogP contribution in [0.2, 0.25) is 0 Å². The Kier molecular flexibility index (Phi) is 8.35. The van der Waals surface area contributed by atoms with E-state index in [1.807, 2.05) is 0 Å². The van der Waals surface area contributed by atoms with Gasteiger partial charge in [-0.15, -0.1) is 0 Å². The third kappa shape index (κ3) is 6.25. The highest BCUT2D eigenvalue weighted by atomic mass is 16.7. The molecule has 4 aromatic rings. The molecule has 48 heavy (non-hydrogen) atoms. The Morgan fingerprint density at radius 2 is 0.729 bits per heavy atom. The molecule has 0 aromatic heterocycles. The summed E-state index contributed by atoms with van der Waals surface area (Å²) in [7, 11) is 12.6. The molecule has 4 aromatic carbocycles. The van der Waals surface area contributed by atoms with E-state index in [4.69, 9.17) is 18.6 Å². The summed E-state index contributed by atoms with van der Waals surface area (Å²) in [5, 5.41) is 4.72. The van der Waals surface area contributed by atoms with Crippen molar-refractivity contribution in [2.45, 2.75) is 90.9 Å². The van der Waals surface area contributed by atoms with Gasteiger partial charge in [-0.3, -0.25) is 0 Å². The standard InChI is InChI=1S/C40H56B2N2O4/c1-37(2)38(3,4)46-41(45-37)35-27(25-43(9,10)11)23-33(29-19-15-17-21-31(29)35)34-24-28(26-44(12,13)14)36(32-22-18-16-20-30(32)34)42-47-39(5,6)40(7,8)48-42/h15-24H,25-26H2,1-14H3/q+2. The van der Waals surface area contributed by atoms with Gasteiger partial charge >= 0.3 is 14.2 Å². The van der Waals surface area contributed by atoms with Crippen molar-refractivity contribution in [3.63, 3.8) is 0 Å². The molecule has 0 unspecified atom stereocenters. The Balaban J connectivity index is 1.66. The van der Waals surface area contributed by atoms with E-state index in [1.54, 1.807) is 0 Å². The van der Waals surface area contributed by atoms with Gasteiger partial charge in [-0.25, -0.2) is 0 Å². The fourth-order valence-electron chi connectivity index (χ4n) is 7.12. The summed E-state index contributed by atoms with van der Waals surface area (Å²) in [5.74, 6) is 0. The first-order valence-corrected chi connectivity index (χ1v) is 17.4. The lowest BCUT2D eigenvalue weighted by Gasteiger charge is -2.32. The van der Waals surface area contributed by atoms with E-state index < -0.39 is 36.6 Å². The van der Waals surface area contributed by atoms with Crippen LogP contribution in [0.5, 0.6) is 0 Å². The van der Waals surface area contributed by atoms with E-state index in [-0.39, 0.29) is 0 Å². The lowest BCUT2D eigenvalue weighted by molar-refractivity contribution is -0.883. The molecule has 6 rings (SSSR count). The van der Waals surface area contributed by atoms with E-state index >= 15 is 0 Å². The second-order valence-electron chi connectivity index (χ2n) is 18.2. The molecule has 0 saturated carbocycles. The zero-order valence-electron chi connectivity index (χ0n) is 31.9. The summed E-state index contributed by atoms with van der Waals surface area (Å²) in [6, 6.07) is 22.4. The molecule has 2 aliphatic heterocycles. The molecule has 0 spiro atoms. The van der Waals surface area contributed by atoms with Crippen molar-refractivity contribution in [2.75, 3.05) is 42.3 Å². The Bertz CT molecular complexity index is 1720. The molecule has 0 aliphatic carbocycles. The van der Waals surface area contributed by atoms with Gasteiger partial charge in [0.05, 0.1) is 64.7 Å². The molecule has 8 heteroatoms. The number of fused-ring (bicyclic) bond motifs is 2. The van der Waals surface area contributed by atoms with Crippen LogP contribution in [0.1, 0.15) is 66.5 Å². The lowest BCUT2D eigenvalue weighted by Crippen LogP contribution is -2.42. The van der Waals surface area contributed by atoms with E-state index in [9.17, 15) is 0 Å². The van der Waals surface area contributed by atoms with Crippen molar-refractivity contribution in [1.29, 1.82) is 0 Å². The van der Waals surface area contributed by atoms with Crippen LogP contribution in [-0.4, -0.2) is 87.9 Å². The van der Waals surface area contributed by atoms with Gasteiger partial charge < -0.3 is 27.6 Å². The SMILES string of the molecule is CC1(C)OB(c2c(C[N+](C)(C)C)cc(-c3cc(C[N+](C)(C)C)c(B4OC(C)(C)C(C)(C)O4)c4ccccc34)c3ccccc23)OC1(C)C. The van der Waals surface area contributed by atoms with Gasteiger partial charge in [-0.2, -0.15) is 0 Å². The molecule has 0 bridgehead atoms. The highest BCUT2D eigenvalue weighted by Crippen LogP contribution is 2.42. The zero-order chi connectivity index (χ0) is 35.2. The van der Waals surface area contributed by atoms with Crippen molar-refractivity contribution in [2.24, 2.45) is 0 Å². The fraction of sp³-hybridized carbons (Fsp3) is 0.500. The molecule has 2 aliphatic rings. The first-order valence-electron chi connectivity index (χ1n) is 17.4. The average Bonchev–Trinajstić information content (AvgIpc) is 3.28. The van der Waals surface area contributed by atoms with Gasteiger partial charge in [0.15, 0.2) is 0 Å². The predicted molar refractivity (Wildman–Crippen MR) is 202 cm³/mol. The van der Waals surface area contributed by atoms with Crippen LogP contribution in [0.4, 0.5) is 0 Å². The van der Waals surface area contributed by atoms with Crippen LogP contribution in [0, 0.1) is 0 Å². The van der Waals surface area contributed by atoms with E-state index in [2.05, 4.69) is 158 Å². The van der Waals surface area contributed by atoms with Crippen molar-refractivity contribution in [3.8, 4) is 11.1 Å². The molecular weight excluding hydrogens is 594 g/mol. The predicted octanol–water partition coefficient (Wildman–Crippen LogP) is 6.67. The fourth-order valence-corrected chi connectivity index (χ4v) is 7.12. The maximum Gasteiger partial charge on any atom is 0.495 e. The number of benzene rings is 4. The largest absolute Gasteiger partial charge is 0.495 e. The van der Waals surface area contributed by atoms with Gasteiger partial charge in [0.2, 0.25) is 0 Å². The van der Waals surface area contributed by atoms with Crippen molar-refractivity contribution in [1.82, 2.24) is 0 Å². The smallest absolute Gasteiger partial charge is 0.399 e. The van der Waals surface area contributed by atoms with Crippen LogP contribution in [-0.2, 0) is 31.7 Å². The second kappa shape index (κ2) is 11.4. The molecule has 254 valence electrons. The minimum Gasteiger partial charge on any atom is -0.399 e. The number of nitrogens with zero attached hydrogens (tertiary/aromatic N) is 2. The second-order valence-corrected chi connectivity index (χ2v) is 18.2. The third-order valence-corrected chi connectivity index (χ3v) is 10.9. The van der Waals surface area contributed by atoms with E-state index in [0.29, 0.717) is 0 Å². The third-order valence-electron chi connectivity index (χ3n) is 10.9. The van der Waals surface area contributed by atoms with Gasteiger partial charge in [0, 0.05) is 11.1 Å². The maximum atomic E-state index is 6.75. The number of quaternary nitrogens is 2. The molecule has 2 heterocycles. The minimum atomic E-state index is -0.466. The highest BCUT2D eigenvalue weighted by molar-refractivity contribution is 6.66. The molecule has 6 nitrogen and oxygen atoms in total. The van der Waals surface area contributed by atoms with Gasteiger partial charge in [-0.1, -0.05) is 48.5 Å². The minimum absolute atomic E-state index is 0.440. The van der Waals surface area contributed by atoms with Crippen molar-refractivity contribution < 1.29 is 27.6 Å². The van der Waals surface area contributed by atoms with Crippen LogP contribution in [0.15, 0.2) is 60.7 Å². The summed E-state index contributed by atoms with van der Waals surface area (Å²) >= 11 is 0. The van der Waals surface area contributed by atoms with E-state index in [1.165, 1.54) is 43.8 Å². The molecule has 0 amide bonds. The number of hydrogen-bond donors (Lipinski definition) is 0. The van der Waals surface area contributed by atoms with Gasteiger partial charge in [0.1, 0.15) is 13.1 Å². The first kappa shape index (κ1) is 35.1. The average molecular weight is 651 g/mol. The summed E-state index contributed by atoms with van der Waals surface area (Å²) in [6.45, 7) is 18.7. The van der Waals surface area contributed by atoms with Crippen molar-refractivity contribution in [3.05, 3.63) is 71.8 Å². The van der Waals surface area contributed by atoms with Crippen molar-refractivity contribution >= 4 is 46.7 Å². The lowest BCUT2D eigenvalue weighted by atomic mass is 9.69. The normalized spacial score (nSPS) is 20.3. The Morgan fingerprint density at radius 3 is 1.00 bits per heavy atom. The van der Waals surface area contributed by atoms with Gasteiger partial charge in [-0.05, 0) is 111 Å². The molecule has 2 saturated heterocycles. The molecular formula is C40H56B2N2O4+2. The zero-order valence-corrected chi connectivity index (χ0v) is 31.9. The Hall–Kier alpha value is -2.71. The van der Waals surface area contributed by atoms with Crippen LogP contribution in [0.3, 0.4) is 0 Å². The number of rotatable bonds is 7. The molecule has 0 atom stereocenters. The molecule has 2 fully saturated rings. The Morgan fingerprint density at radius 1 is 0.458 bits per heavy atom. The summed E-state index contributed by atoms with van der Waals surface area (Å²) < 4.78 is 28.6. The number of hydrogen-bond acceptors (Lipinski definition) is 4. The molecule has 0 radical (unpaired) electrons. The monoisotopic (exact) mass is 650 g/mol. The first-order chi connectivity index (χ1) is 22.0. The Labute approximate surface area is 289 Å². The maximum absolute atomic E-state index is 6.75. The summed E-state index contributed by atoms with van der Waals surface area (Å²) in [4.78, 5) is 0. The van der Waals surface area contributed by atoms with Crippen LogP contribution < -0.4 is 10.9 Å². The van der Waals surface area contributed by atoms with Gasteiger partial charge in [0.25, 0.3) is 0 Å². The topological polar surface area (TPSA) is 36.9 Å².